The number of fused-ring (bicyclic) bond motifs is 2. The van der Waals surface area contributed by atoms with E-state index < -0.39 is 0 Å². The summed E-state index contributed by atoms with van der Waals surface area (Å²) >= 11 is 3.39. The van der Waals surface area contributed by atoms with Crippen molar-refractivity contribution in [3.8, 4) is 22.3 Å². The summed E-state index contributed by atoms with van der Waals surface area (Å²) in [7, 11) is 0. The van der Waals surface area contributed by atoms with Crippen LogP contribution in [0.3, 0.4) is 0 Å². The lowest BCUT2D eigenvalue weighted by Gasteiger charge is -2.12. The van der Waals surface area contributed by atoms with Crippen molar-refractivity contribution in [3.63, 3.8) is 0 Å². The van der Waals surface area contributed by atoms with E-state index >= 15 is 0 Å². The summed E-state index contributed by atoms with van der Waals surface area (Å²) in [6.45, 7) is 0. The lowest BCUT2D eigenvalue weighted by molar-refractivity contribution is 0.400. The minimum atomic E-state index is 0.873. The maximum atomic E-state index is 6.36. The zero-order chi connectivity index (χ0) is 20.5. The Balaban J connectivity index is 1.60. The number of thioether (sulfide) groups is 2. The molecule has 1 aliphatic rings. The van der Waals surface area contributed by atoms with Gasteiger partial charge in [-0.1, -0.05) is 84.2 Å². The Labute approximate surface area is 186 Å². The molecule has 5 rings (SSSR count). The third kappa shape index (κ3) is 3.42. The first-order valence-electron chi connectivity index (χ1n) is 10.3. The van der Waals surface area contributed by atoms with Gasteiger partial charge in [0.25, 0.3) is 0 Å². The topological polar surface area (TPSA) is 26.3 Å². The van der Waals surface area contributed by atoms with E-state index in [4.69, 9.17) is 8.83 Å². The van der Waals surface area contributed by atoms with Crippen LogP contribution in [0, 0.1) is 0 Å². The lowest BCUT2D eigenvalue weighted by Crippen LogP contribution is -2.04. The van der Waals surface area contributed by atoms with Crippen molar-refractivity contribution in [3.05, 3.63) is 83.3 Å². The fourth-order valence-electron chi connectivity index (χ4n) is 4.47. The fourth-order valence-corrected chi connectivity index (χ4v) is 5.72. The maximum absolute atomic E-state index is 6.36. The van der Waals surface area contributed by atoms with Gasteiger partial charge in [-0.25, -0.2) is 0 Å². The normalized spacial score (nSPS) is 13.4. The van der Waals surface area contributed by atoms with Crippen LogP contribution >= 0.6 is 23.5 Å². The number of rotatable bonds is 4. The Morgan fingerprint density at radius 2 is 0.967 bits per heavy atom. The molecule has 2 heterocycles. The predicted octanol–water partition coefficient (Wildman–Crippen LogP) is 7.53. The maximum Gasteiger partial charge on any atom is 0.168 e. The molecular weight excluding hydrogens is 408 g/mol. The molecule has 0 amide bonds. The van der Waals surface area contributed by atoms with Gasteiger partial charge in [0, 0.05) is 35.1 Å². The molecular formula is C26H24O2S2. The standard InChI is InChI=1S/C26H24O2S2/c1-29-25-23(17-9-5-3-6-10-17)19-13-14-20-22(16-15-21(19)27-25)28-26(30-2)24(20)18-11-7-4-8-12-18/h3-12H,13-16H2,1-2H3. The van der Waals surface area contributed by atoms with Gasteiger partial charge in [0.15, 0.2) is 10.2 Å². The van der Waals surface area contributed by atoms with Gasteiger partial charge in [-0.2, -0.15) is 0 Å². The van der Waals surface area contributed by atoms with Crippen molar-refractivity contribution in [2.75, 3.05) is 12.5 Å². The van der Waals surface area contributed by atoms with Crippen LogP contribution in [-0.4, -0.2) is 12.5 Å². The smallest absolute Gasteiger partial charge is 0.168 e. The summed E-state index contributed by atoms with van der Waals surface area (Å²) in [5.41, 5.74) is 7.76. The highest BCUT2D eigenvalue weighted by Crippen LogP contribution is 2.43. The average molecular weight is 433 g/mol. The molecule has 0 fully saturated rings. The van der Waals surface area contributed by atoms with Gasteiger partial charge < -0.3 is 8.83 Å². The Bertz CT molecular complexity index is 1060. The second-order valence-electron chi connectivity index (χ2n) is 7.47. The summed E-state index contributed by atoms with van der Waals surface area (Å²) in [6, 6.07) is 21.3. The second kappa shape index (κ2) is 8.44. The molecule has 0 saturated heterocycles. The van der Waals surface area contributed by atoms with Crippen molar-refractivity contribution in [2.24, 2.45) is 0 Å². The van der Waals surface area contributed by atoms with Gasteiger partial charge in [0.2, 0.25) is 0 Å². The largest absolute Gasteiger partial charge is 0.454 e. The van der Waals surface area contributed by atoms with E-state index in [1.807, 2.05) is 0 Å². The molecule has 0 atom stereocenters. The molecule has 152 valence electrons. The van der Waals surface area contributed by atoms with Crippen LogP contribution in [0.5, 0.6) is 0 Å². The van der Waals surface area contributed by atoms with Gasteiger partial charge in [-0.05, 0) is 36.5 Å². The molecule has 4 heteroatoms. The van der Waals surface area contributed by atoms with Crippen LogP contribution in [0.1, 0.15) is 22.6 Å². The number of hydrogen-bond acceptors (Lipinski definition) is 4. The third-order valence-corrected chi connectivity index (χ3v) is 7.13. The van der Waals surface area contributed by atoms with E-state index in [0.29, 0.717) is 0 Å². The highest BCUT2D eigenvalue weighted by atomic mass is 32.2. The van der Waals surface area contributed by atoms with Crippen LogP contribution in [0.15, 0.2) is 79.7 Å². The molecule has 2 aromatic carbocycles. The first-order valence-corrected chi connectivity index (χ1v) is 12.7. The first kappa shape index (κ1) is 19.7. The Kier molecular flexibility index (Phi) is 5.53. The lowest BCUT2D eigenvalue weighted by atomic mass is 9.90. The minimum Gasteiger partial charge on any atom is -0.454 e. The molecule has 0 N–H and O–H groups in total. The molecule has 0 bridgehead atoms. The zero-order valence-electron chi connectivity index (χ0n) is 17.2. The van der Waals surface area contributed by atoms with Crippen molar-refractivity contribution in [1.82, 2.24) is 0 Å². The van der Waals surface area contributed by atoms with E-state index in [1.54, 1.807) is 23.5 Å². The van der Waals surface area contributed by atoms with Crippen molar-refractivity contribution >= 4 is 23.5 Å². The number of furan rings is 2. The van der Waals surface area contributed by atoms with E-state index in [-0.39, 0.29) is 0 Å². The second-order valence-corrected chi connectivity index (χ2v) is 9.03. The van der Waals surface area contributed by atoms with Crippen LogP contribution < -0.4 is 0 Å². The Hall–Kier alpha value is -2.30. The number of benzene rings is 2. The van der Waals surface area contributed by atoms with Gasteiger partial charge in [-0.15, -0.1) is 0 Å². The highest BCUT2D eigenvalue weighted by Gasteiger charge is 2.27. The van der Waals surface area contributed by atoms with Crippen molar-refractivity contribution < 1.29 is 8.83 Å². The zero-order valence-corrected chi connectivity index (χ0v) is 18.9. The highest BCUT2D eigenvalue weighted by molar-refractivity contribution is 7.98. The van der Waals surface area contributed by atoms with Crippen LogP contribution in [0.4, 0.5) is 0 Å². The summed E-state index contributed by atoms with van der Waals surface area (Å²) in [5, 5.41) is 2.05. The Morgan fingerprint density at radius 3 is 1.33 bits per heavy atom. The van der Waals surface area contributed by atoms with Gasteiger partial charge >= 0.3 is 0 Å². The third-order valence-electron chi connectivity index (χ3n) is 5.82. The van der Waals surface area contributed by atoms with Crippen molar-refractivity contribution in [2.45, 2.75) is 35.9 Å². The van der Waals surface area contributed by atoms with Gasteiger partial charge in [0.1, 0.15) is 11.5 Å². The molecule has 0 radical (unpaired) electrons. The van der Waals surface area contributed by atoms with Gasteiger partial charge in [0.05, 0.1) is 0 Å². The Morgan fingerprint density at radius 1 is 0.567 bits per heavy atom. The molecule has 4 aromatic rings. The molecule has 1 aliphatic carbocycles. The number of aryl methyl sites for hydroxylation is 2. The summed E-state index contributed by atoms with van der Waals surface area (Å²) in [6.07, 6.45) is 7.87. The molecule has 0 spiro atoms. The molecule has 2 nitrogen and oxygen atoms in total. The van der Waals surface area contributed by atoms with E-state index in [0.717, 1.165) is 47.4 Å². The molecule has 0 aliphatic heterocycles. The average Bonchev–Trinajstić information content (AvgIpc) is 3.32. The molecule has 0 saturated carbocycles. The van der Waals surface area contributed by atoms with E-state index in [9.17, 15) is 0 Å². The molecule has 30 heavy (non-hydrogen) atoms. The molecule has 2 aromatic heterocycles. The van der Waals surface area contributed by atoms with Crippen LogP contribution in [0.25, 0.3) is 22.3 Å². The van der Waals surface area contributed by atoms with E-state index in [1.165, 1.54) is 33.4 Å². The quantitative estimate of drug-likeness (QED) is 0.311. The van der Waals surface area contributed by atoms with Crippen LogP contribution in [-0.2, 0) is 25.7 Å². The minimum absolute atomic E-state index is 0.873. The fraction of sp³-hybridized carbons (Fsp3) is 0.231. The van der Waals surface area contributed by atoms with E-state index in [2.05, 4.69) is 73.2 Å². The predicted molar refractivity (Wildman–Crippen MR) is 127 cm³/mol. The monoisotopic (exact) mass is 432 g/mol. The summed E-state index contributed by atoms with van der Waals surface area (Å²) in [5.74, 6) is 2.24. The first-order chi connectivity index (χ1) is 14.8. The van der Waals surface area contributed by atoms with Crippen molar-refractivity contribution in [1.29, 1.82) is 0 Å². The summed E-state index contributed by atoms with van der Waals surface area (Å²) in [4.78, 5) is 0. The SMILES string of the molecule is CSc1oc2c(c1-c1ccccc1)CCc1c(oc(SC)c1-c1ccccc1)CC2. The number of hydrogen-bond donors (Lipinski definition) is 0. The van der Waals surface area contributed by atoms with Crippen LogP contribution in [0.2, 0.25) is 0 Å². The van der Waals surface area contributed by atoms with Gasteiger partial charge in [-0.3, -0.25) is 0 Å². The summed E-state index contributed by atoms with van der Waals surface area (Å²) < 4.78 is 12.7. The molecule has 0 unspecified atom stereocenters.